The van der Waals surface area contributed by atoms with Gasteiger partial charge in [-0.05, 0) is 47.0 Å². The van der Waals surface area contributed by atoms with E-state index in [1.54, 1.807) is 0 Å². The van der Waals surface area contributed by atoms with E-state index in [9.17, 15) is 4.79 Å². The van der Waals surface area contributed by atoms with E-state index >= 15 is 0 Å². The first-order valence-electron chi connectivity index (χ1n) is 8.40. The van der Waals surface area contributed by atoms with Crippen molar-refractivity contribution in [3.8, 4) is 0 Å². The summed E-state index contributed by atoms with van der Waals surface area (Å²) in [7, 11) is 0. The Morgan fingerprint density at radius 2 is 1.81 bits per heavy atom. The number of nitrogens with zero attached hydrogens (tertiary/aromatic N) is 2. The molecule has 1 saturated heterocycles. The minimum Gasteiger partial charge on any atom is -0.368 e. The topological polar surface area (TPSA) is 61.6 Å². The van der Waals surface area contributed by atoms with Crippen LogP contribution in [-0.2, 0) is 4.79 Å². The van der Waals surface area contributed by atoms with Crippen molar-refractivity contribution in [2.24, 2.45) is 5.73 Å². The number of nitrogens with two attached hydrogens (primary N) is 1. The van der Waals surface area contributed by atoms with Crippen LogP contribution in [0, 0.1) is 0 Å². The Hall–Kier alpha value is -0.650. The molecule has 0 bridgehead atoms. The highest BCUT2D eigenvalue weighted by molar-refractivity contribution is 5.85. The van der Waals surface area contributed by atoms with E-state index in [1.165, 1.54) is 0 Å². The van der Waals surface area contributed by atoms with Crippen LogP contribution in [0.3, 0.4) is 0 Å². The van der Waals surface area contributed by atoms with Gasteiger partial charge < -0.3 is 11.1 Å². The van der Waals surface area contributed by atoms with E-state index in [0.29, 0.717) is 12.1 Å². The Morgan fingerprint density at radius 1 is 1.19 bits per heavy atom. The lowest BCUT2D eigenvalue weighted by atomic mass is 9.95. The Morgan fingerprint density at radius 3 is 2.29 bits per heavy atom. The third-order valence-corrected chi connectivity index (χ3v) is 5.12. The Labute approximate surface area is 129 Å². The number of rotatable bonds is 5. The zero-order valence-corrected chi connectivity index (χ0v) is 14.1. The maximum atomic E-state index is 12.0. The first-order chi connectivity index (χ1) is 9.84. The minimum absolute atomic E-state index is 0.181. The van der Waals surface area contributed by atoms with Crippen LogP contribution in [0.25, 0.3) is 0 Å². The van der Waals surface area contributed by atoms with E-state index in [2.05, 4.69) is 42.8 Å². The number of amides is 1. The van der Waals surface area contributed by atoms with Gasteiger partial charge in [0.05, 0.1) is 5.54 Å². The quantitative estimate of drug-likeness (QED) is 0.787. The van der Waals surface area contributed by atoms with Crippen LogP contribution in [-0.4, -0.2) is 65.6 Å². The summed E-state index contributed by atoms with van der Waals surface area (Å²) in [5.41, 5.74) is 5.21. The molecule has 0 aromatic carbocycles. The summed E-state index contributed by atoms with van der Waals surface area (Å²) in [6, 6.07) is 1.41. The minimum atomic E-state index is -0.492. The molecule has 21 heavy (non-hydrogen) atoms. The standard InChI is InChI=1S/C16H32N4O/c1-12(2)18-16(15(17)21)6-5-14(11-16)20-9-7-19(8-10-20)13(3)4/h12-14,18H,5-11H2,1-4H3,(H2,17,21). The molecule has 2 atom stereocenters. The summed E-state index contributed by atoms with van der Waals surface area (Å²) in [5.74, 6) is -0.181. The molecule has 0 radical (unpaired) electrons. The van der Waals surface area contributed by atoms with Crippen LogP contribution in [0.15, 0.2) is 0 Å². The molecule has 1 aliphatic carbocycles. The summed E-state index contributed by atoms with van der Waals surface area (Å²) < 4.78 is 0. The lowest BCUT2D eigenvalue weighted by Gasteiger charge is -2.40. The van der Waals surface area contributed by atoms with Gasteiger partial charge in [0.25, 0.3) is 0 Å². The van der Waals surface area contributed by atoms with Crippen molar-refractivity contribution in [2.75, 3.05) is 26.2 Å². The molecule has 0 aromatic rings. The molecular formula is C16H32N4O. The molecule has 0 aromatic heterocycles. The van der Waals surface area contributed by atoms with E-state index < -0.39 is 5.54 Å². The maximum Gasteiger partial charge on any atom is 0.237 e. The number of nitrogens with one attached hydrogen (secondary N) is 1. The second-order valence-corrected chi connectivity index (χ2v) is 7.31. The second-order valence-electron chi connectivity index (χ2n) is 7.31. The third-order valence-electron chi connectivity index (χ3n) is 5.12. The SMILES string of the molecule is CC(C)NC1(C(N)=O)CCC(N2CCN(C(C)C)CC2)C1. The summed E-state index contributed by atoms with van der Waals surface area (Å²) in [4.78, 5) is 17.0. The Bertz CT molecular complexity index is 363. The lowest BCUT2D eigenvalue weighted by molar-refractivity contribution is -0.124. The molecule has 2 rings (SSSR count). The largest absolute Gasteiger partial charge is 0.368 e. The van der Waals surface area contributed by atoms with E-state index in [0.717, 1.165) is 45.4 Å². The molecule has 5 heteroatoms. The average Bonchev–Trinajstić information content (AvgIpc) is 2.83. The first kappa shape index (κ1) is 16.7. The Balaban J connectivity index is 1.94. The van der Waals surface area contributed by atoms with Crippen LogP contribution >= 0.6 is 0 Å². The molecule has 1 heterocycles. The van der Waals surface area contributed by atoms with Gasteiger partial charge in [-0.2, -0.15) is 0 Å². The van der Waals surface area contributed by atoms with Crippen LogP contribution < -0.4 is 11.1 Å². The normalized spacial score (nSPS) is 32.2. The molecule has 122 valence electrons. The predicted molar refractivity (Wildman–Crippen MR) is 86.1 cm³/mol. The van der Waals surface area contributed by atoms with Gasteiger partial charge in [-0.25, -0.2) is 0 Å². The van der Waals surface area contributed by atoms with Gasteiger partial charge in [-0.1, -0.05) is 0 Å². The van der Waals surface area contributed by atoms with Crippen molar-refractivity contribution < 1.29 is 4.79 Å². The molecule has 2 aliphatic rings. The molecule has 1 aliphatic heterocycles. The van der Waals surface area contributed by atoms with Crippen molar-refractivity contribution in [3.05, 3.63) is 0 Å². The van der Waals surface area contributed by atoms with E-state index in [-0.39, 0.29) is 11.9 Å². The maximum absolute atomic E-state index is 12.0. The van der Waals surface area contributed by atoms with Gasteiger partial charge >= 0.3 is 0 Å². The van der Waals surface area contributed by atoms with Gasteiger partial charge in [0, 0.05) is 44.3 Å². The molecule has 5 nitrogen and oxygen atoms in total. The van der Waals surface area contributed by atoms with Crippen LogP contribution in [0.1, 0.15) is 47.0 Å². The highest BCUT2D eigenvalue weighted by Crippen LogP contribution is 2.34. The van der Waals surface area contributed by atoms with Gasteiger partial charge in [0.2, 0.25) is 5.91 Å². The van der Waals surface area contributed by atoms with Crippen LogP contribution in [0.4, 0.5) is 0 Å². The number of hydrogen-bond acceptors (Lipinski definition) is 4. The van der Waals surface area contributed by atoms with Gasteiger partial charge in [0.1, 0.15) is 0 Å². The monoisotopic (exact) mass is 296 g/mol. The van der Waals surface area contributed by atoms with Gasteiger partial charge in [0.15, 0.2) is 0 Å². The molecular weight excluding hydrogens is 264 g/mol. The fourth-order valence-electron chi connectivity index (χ4n) is 3.93. The molecule has 1 saturated carbocycles. The summed E-state index contributed by atoms with van der Waals surface area (Å²) >= 11 is 0. The fraction of sp³-hybridized carbons (Fsp3) is 0.938. The summed E-state index contributed by atoms with van der Waals surface area (Å²) in [6.07, 6.45) is 2.81. The predicted octanol–water partition coefficient (Wildman–Crippen LogP) is 0.787. The second kappa shape index (κ2) is 6.63. The number of primary amides is 1. The molecule has 2 unspecified atom stereocenters. The number of carbonyl (C=O) groups excluding carboxylic acids is 1. The molecule has 0 spiro atoms. The van der Waals surface area contributed by atoms with Gasteiger partial charge in [-0.15, -0.1) is 0 Å². The van der Waals surface area contributed by atoms with Crippen molar-refractivity contribution in [3.63, 3.8) is 0 Å². The van der Waals surface area contributed by atoms with Crippen molar-refractivity contribution in [1.82, 2.24) is 15.1 Å². The Kier molecular flexibility index (Phi) is 5.28. The molecule has 3 N–H and O–H groups in total. The highest BCUT2D eigenvalue weighted by atomic mass is 16.1. The molecule has 1 amide bonds. The summed E-state index contributed by atoms with van der Waals surface area (Å²) in [5, 5.41) is 3.44. The summed E-state index contributed by atoms with van der Waals surface area (Å²) in [6.45, 7) is 13.2. The van der Waals surface area contributed by atoms with Crippen molar-refractivity contribution in [1.29, 1.82) is 0 Å². The number of carbonyl (C=O) groups is 1. The van der Waals surface area contributed by atoms with Crippen LogP contribution in [0.2, 0.25) is 0 Å². The third kappa shape index (κ3) is 3.76. The van der Waals surface area contributed by atoms with Crippen LogP contribution in [0.5, 0.6) is 0 Å². The number of hydrogen-bond donors (Lipinski definition) is 2. The average molecular weight is 296 g/mol. The van der Waals surface area contributed by atoms with Gasteiger partial charge in [-0.3, -0.25) is 14.6 Å². The van der Waals surface area contributed by atoms with Crippen molar-refractivity contribution >= 4 is 5.91 Å². The van der Waals surface area contributed by atoms with E-state index in [4.69, 9.17) is 5.73 Å². The smallest absolute Gasteiger partial charge is 0.237 e. The fourth-order valence-corrected chi connectivity index (χ4v) is 3.93. The lowest BCUT2D eigenvalue weighted by Crippen LogP contribution is -2.57. The zero-order chi connectivity index (χ0) is 15.6. The first-order valence-corrected chi connectivity index (χ1v) is 8.40. The zero-order valence-electron chi connectivity index (χ0n) is 14.1. The van der Waals surface area contributed by atoms with E-state index in [1.807, 2.05) is 0 Å². The van der Waals surface area contributed by atoms with Crippen molar-refractivity contribution in [2.45, 2.75) is 70.6 Å². The molecule has 2 fully saturated rings. The highest BCUT2D eigenvalue weighted by Gasteiger charge is 2.46. The number of piperazine rings is 1.